The van der Waals surface area contributed by atoms with Crippen LogP contribution in [0.5, 0.6) is 0 Å². The Bertz CT molecular complexity index is 1080. The lowest BCUT2D eigenvalue weighted by atomic mass is 9.81. The van der Waals surface area contributed by atoms with Gasteiger partial charge in [0.15, 0.2) is 9.84 Å². The van der Waals surface area contributed by atoms with E-state index in [9.17, 15) is 23.4 Å². The first kappa shape index (κ1) is 29.3. The van der Waals surface area contributed by atoms with E-state index in [-0.39, 0.29) is 29.6 Å². The van der Waals surface area contributed by atoms with E-state index in [2.05, 4.69) is 15.3 Å². The van der Waals surface area contributed by atoms with Crippen LogP contribution in [0, 0.1) is 18.8 Å². The fraction of sp³-hybridized carbons (Fsp3) is 0.630. The number of aromatic nitrogens is 2. The maximum atomic E-state index is 14.2. The van der Waals surface area contributed by atoms with Gasteiger partial charge in [0.2, 0.25) is 5.91 Å². The van der Waals surface area contributed by atoms with Crippen molar-refractivity contribution in [3.8, 4) is 0 Å². The fourth-order valence-electron chi connectivity index (χ4n) is 5.30. The van der Waals surface area contributed by atoms with E-state index in [0.717, 1.165) is 24.8 Å². The first-order chi connectivity index (χ1) is 17.5. The Morgan fingerprint density at radius 3 is 2.38 bits per heavy atom. The molecule has 0 radical (unpaired) electrons. The highest BCUT2D eigenvalue weighted by molar-refractivity contribution is 7.92. The van der Waals surface area contributed by atoms with Gasteiger partial charge in [0.25, 0.3) is 0 Å². The lowest BCUT2D eigenvalue weighted by Gasteiger charge is -2.39. The maximum Gasteiger partial charge on any atom is 0.237 e. The summed E-state index contributed by atoms with van der Waals surface area (Å²) >= 11 is 0. The van der Waals surface area contributed by atoms with E-state index in [4.69, 9.17) is 5.73 Å². The molecule has 1 unspecified atom stereocenters. The van der Waals surface area contributed by atoms with Crippen LogP contribution in [-0.4, -0.2) is 64.0 Å². The predicted octanol–water partition coefficient (Wildman–Crippen LogP) is 2.26. The van der Waals surface area contributed by atoms with E-state index in [1.165, 1.54) is 6.33 Å². The molecule has 0 aliphatic heterocycles. The van der Waals surface area contributed by atoms with Gasteiger partial charge in [0.05, 0.1) is 40.4 Å². The molecule has 0 saturated heterocycles. The van der Waals surface area contributed by atoms with Crippen molar-refractivity contribution in [1.82, 2.24) is 15.3 Å². The number of rotatable bonds is 12. The number of nitrogens with two attached hydrogens (primary N) is 1. The number of carbonyl (C=O) groups excluding carboxylic acids is 1. The number of nitrogens with zero attached hydrogens (tertiary/aromatic N) is 1. The molecule has 1 amide bonds. The van der Waals surface area contributed by atoms with Crippen LogP contribution in [0.1, 0.15) is 63.6 Å². The number of aliphatic hydroxyl groups is 2. The van der Waals surface area contributed by atoms with Crippen LogP contribution in [0.4, 0.5) is 0 Å². The van der Waals surface area contributed by atoms with Crippen LogP contribution < -0.4 is 11.1 Å². The second-order valence-electron chi connectivity index (χ2n) is 10.8. The third-order valence-corrected chi connectivity index (χ3v) is 9.60. The van der Waals surface area contributed by atoms with Gasteiger partial charge >= 0.3 is 0 Å². The second kappa shape index (κ2) is 13.0. The number of amides is 1. The lowest BCUT2D eigenvalue weighted by Crippen LogP contribution is -2.61. The van der Waals surface area contributed by atoms with Gasteiger partial charge in [-0.2, -0.15) is 0 Å². The second-order valence-corrected chi connectivity index (χ2v) is 12.9. The van der Waals surface area contributed by atoms with E-state index in [0.29, 0.717) is 18.5 Å². The molecule has 0 spiro atoms. The molecule has 3 rings (SSSR count). The molecule has 6 N–H and O–H groups in total. The fourth-order valence-corrected chi connectivity index (χ4v) is 7.53. The minimum atomic E-state index is -3.99. The quantitative estimate of drug-likeness (QED) is 0.279. The zero-order valence-electron chi connectivity index (χ0n) is 22.0. The molecule has 5 atom stereocenters. The van der Waals surface area contributed by atoms with Gasteiger partial charge in [-0.25, -0.2) is 13.4 Å². The summed E-state index contributed by atoms with van der Waals surface area (Å²) < 4.78 is 28.3. The Balaban J connectivity index is 2.01. The van der Waals surface area contributed by atoms with Crippen molar-refractivity contribution in [2.75, 3.05) is 0 Å². The predicted molar refractivity (Wildman–Crippen MR) is 142 cm³/mol. The molecule has 0 bridgehead atoms. The van der Waals surface area contributed by atoms with Crippen molar-refractivity contribution in [1.29, 1.82) is 0 Å². The molecule has 1 aliphatic carbocycles. The molecule has 1 heterocycles. The molecular weight excluding hydrogens is 492 g/mol. The Morgan fingerprint density at radius 1 is 1.16 bits per heavy atom. The average molecular weight is 535 g/mol. The topological polar surface area (TPSA) is 158 Å². The highest BCUT2D eigenvalue weighted by Crippen LogP contribution is 2.36. The Kier molecular flexibility index (Phi) is 10.3. The minimum absolute atomic E-state index is 0.0600. The molecule has 1 fully saturated rings. The molecule has 1 saturated carbocycles. The number of imidazole rings is 1. The molecule has 9 nitrogen and oxygen atoms in total. The summed E-state index contributed by atoms with van der Waals surface area (Å²) in [6, 6.07) is 4.37. The molecular formula is C27H42N4O5S. The molecule has 206 valence electrons. The van der Waals surface area contributed by atoms with Gasteiger partial charge in [-0.15, -0.1) is 0 Å². The third-order valence-electron chi connectivity index (χ3n) is 7.28. The van der Waals surface area contributed by atoms with Crippen LogP contribution in [0.2, 0.25) is 0 Å². The third kappa shape index (κ3) is 7.63. The molecule has 37 heavy (non-hydrogen) atoms. The summed E-state index contributed by atoms with van der Waals surface area (Å²) in [5, 5.41) is 23.9. The van der Waals surface area contributed by atoms with Gasteiger partial charge in [0.1, 0.15) is 6.10 Å². The maximum absolute atomic E-state index is 14.2. The average Bonchev–Trinajstić information content (AvgIpc) is 3.36. The first-order valence-corrected chi connectivity index (χ1v) is 14.8. The van der Waals surface area contributed by atoms with Crippen LogP contribution >= 0.6 is 0 Å². The summed E-state index contributed by atoms with van der Waals surface area (Å²) in [5.74, 6) is -0.817. The highest BCUT2D eigenvalue weighted by atomic mass is 32.2. The SMILES string of the molecule is Cc1ccc(S(=O)(=O)C(C2CCCCC2)[C@@H](NC(=O)[C@@H](N)Cc2c[nH]cn2)[C@@H](O)[C@@H](O)CC(C)C)cc1. The van der Waals surface area contributed by atoms with Crippen LogP contribution in [0.25, 0.3) is 0 Å². The van der Waals surface area contributed by atoms with Crippen molar-refractivity contribution < 1.29 is 23.4 Å². The Labute approximate surface area is 220 Å². The minimum Gasteiger partial charge on any atom is -0.390 e. The number of hydrogen-bond donors (Lipinski definition) is 5. The number of aromatic amines is 1. The smallest absolute Gasteiger partial charge is 0.237 e. The molecule has 1 aromatic heterocycles. The lowest BCUT2D eigenvalue weighted by molar-refractivity contribution is -0.125. The van der Waals surface area contributed by atoms with Crippen molar-refractivity contribution in [2.24, 2.45) is 17.6 Å². The number of nitrogens with one attached hydrogen (secondary N) is 2. The van der Waals surface area contributed by atoms with Gasteiger partial charge in [-0.3, -0.25) is 4.79 Å². The van der Waals surface area contributed by atoms with Crippen molar-refractivity contribution in [3.05, 3.63) is 48.0 Å². The number of benzene rings is 1. The summed E-state index contributed by atoms with van der Waals surface area (Å²) in [5.41, 5.74) is 7.69. The van der Waals surface area contributed by atoms with Crippen LogP contribution in [0.3, 0.4) is 0 Å². The number of carbonyl (C=O) groups is 1. The van der Waals surface area contributed by atoms with E-state index >= 15 is 0 Å². The number of aliphatic hydroxyl groups excluding tert-OH is 2. The van der Waals surface area contributed by atoms with E-state index in [1.807, 2.05) is 20.8 Å². The number of hydrogen-bond acceptors (Lipinski definition) is 7. The van der Waals surface area contributed by atoms with Gasteiger partial charge < -0.3 is 26.2 Å². The van der Waals surface area contributed by atoms with Crippen LogP contribution in [-0.2, 0) is 21.1 Å². The standard InChI is InChI=1S/C27H42N4O5S/c1-17(2)13-23(32)25(33)24(31-27(34)22(28)14-20-15-29-16-30-20)26(19-7-5-4-6-8-19)37(35,36)21-11-9-18(3)10-12-21/h9-12,15-17,19,22-26,32-33H,4-8,13-14,28H2,1-3H3,(H,29,30)(H,31,34)/t22-,23-,24-,25-,26?/m0/s1. The van der Waals surface area contributed by atoms with Gasteiger partial charge in [-0.05, 0) is 50.2 Å². The van der Waals surface area contributed by atoms with E-state index < -0.39 is 45.3 Å². The van der Waals surface area contributed by atoms with Crippen molar-refractivity contribution in [2.45, 2.75) is 100 Å². The first-order valence-electron chi connectivity index (χ1n) is 13.2. The highest BCUT2D eigenvalue weighted by Gasteiger charge is 2.46. The monoisotopic (exact) mass is 534 g/mol. The Morgan fingerprint density at radius 2 is 1.81 bits per heavy atom. The number of aryl methyl sites for hydroxylation is 1. The number of H-pyrrole nitrogens is 1. The van der Waals surface area contributed by atoms with E-state index in [1.54, 1.807) is 30.5 Å². The van der Waals surface area contributed by atoms with Crippen LogP contribution in [0.15, 0.2) is 41.7 Å². The molecule has 10 heteroatoms. The molecule has 1 aliphatic rings. The van der Waals surface area contributed by atoms with Crippen molar-refractivity contribution in [3.63, 3.8) is 0 Å². The summed E-state index contributed by atoms with van der Waals surface area (Å²) in [6.07, 6.45) is 4.90. The van der Waals surface area contributed by atoms with Gasteiger partial charge in [0, 0.05) is 12.6 Å². The largest absolute Gasteiger partial charge is 0.390 e. The summed E-state index contributed by atoms with van der Waals surface area (Å²) in [6.45, 7) is 5.70. The summed E-state index contributed by atoms with van der Waals surface area (Å²) in [7, 11) is -3.99. The normalized spacial score (nSPS) is 19.2. The molecule has 2 aromatic rings. The number of sulfone groups is 1. The van der Waals surface area contributed by atoms with Gasteiger partial charge in [-0.1, -0.05) is 50.8 Å². The molecule has 1 aromatic carbocycles. The Hall–Kier alpha value is -2.27. The zero-order chi connectivity index (χ0) is 27.2. The zero-order valence-corrected chi connectivity index (χ0v) is 22.8. The summed E-state index contributed by atoms with van der Waals surface area (Å²) in [4.78, 5) is 20.3. The van der Waals surface area contributed by atoms with Crippen molar-refractivity contribution >= 4 is 15.7 Å².